The molecule has 2 atom stereocenters. The van der Waals surface area contributed by atoms with Crippen molar-refractivity contribution in [1.82, 2.24) is 20.2 Å². The fourth-order valence-corrected chi connectivity index (χ4v) is 1.96. The minimum Gasteiger partial charge on any atom is -0.382 e. The van der Waals surface area contributed by atoms with Gasteiger partial charge in [0, 0.05) is 11.7 Å². The van der Waals surface area contributed by atoms with Crippen molar-refractivity contribution in [1.29, 1.82) is 0 Å². The van der Waals surface area contributed by atoms with E-state index in [1.54, 1.807) is 4.68 Å². The SMILES string of the molecule is CCC(C)C(C)Nc1cccc(-n2nnnc2C)c1. The topological polar surface area (TPSA) is 55.6 Å². The minimum atomic E-state index is 0.440. The monoisotopic (exact) mass is 259 g/mol. The van der Waals surface area contributed by atoms with Crippen LogP contribution in [0.1, 0.15) is 33.0 Å². The van der Waals surface area contributed by atoms with Gasteiger partial charge in [-0.1, -0.05) is 26.3 Å². The third kappa shape index (κ3) is 3.10. The van der Waals surface area contributed by atoms with Crippen LogP contribution >= 0.6 is 0 Å². The number of aryl methyl sites for hydroxylation is 1. The summed E-state index contributed by atoms with van der Waals surface area (Å²) in [5.41, 5.74) is 2.07. The molecule has 0 aliphatic carbocycles. The molecule has 0 saturated heterocycles. The van der Waals surface area contributed by atoms with Crippen LogP contribution in [0.25, 0.3) is 5.69 Å². The molecule has 1 N–H and O–H groups in total. The third-order valence-corrected chi connectivity index (χ3v) is 3.61. The number of benzene rings is 1. The van der Waals surface area contributed by atoms with Crippen molar-refractivity contribution < 1.29 is 0 Å². The number of nitrogens with one attached hydrogen (secondary N) is 1. The van der Waals surface area contributed by atoms with Crippen molar-refractivity contribution >= 4 is 5.69 Å². The summed E-state index contributed by atoms with van der Waals surface area (Å²) in [6, 6.07) is 8.60. The highest BCUT2D eigenvalue weighted by molar-refractivity contribution is 5.51. The van der Waals surface area contributed by atoms with Crippen LogP contribution in [-0.2, 0) is 0 Å². The second-order valence-electron chi connectivity index (χ2n) is 5.01. The summed E-state index contributed by atoms with van der Waals surface area (Å²) in [6.45, 7) is 8.57. The Hall–Kier alpha value is -1.91. The van der Waals surface area contributed by atoms with E-state index in [0.717, 1.165) is 17.2 Å². The molecule has 102 valence electrons. The molecule has 1 aromatic heterocycles. The predicted octanol–water partition coefficient (Wildman–Crippen LogP) is 2.82. The first-order chi connectivity index (χ1) is 9.11. The molecule has 2 aromatic rings. The lowest BCUT2D eigenvalue weighted by Crippen LogP contribution is -2.23. The van der Waals surface area contributed by atoms with E-state index in [0.29, 0.717) is 12.0 Å². The molecule has 5 heteroatoms. The Bertz CT molecular complexity index is 534. The Balaban J connectivity index is 2.18. The number of hydrogen-bond acceptors (Lipinski definition) is 4. The van der Waals surface area contributed by atoms with E-state index in [4.69, 9.17) is 0 Å². The molecule has 0 amide bonds. The largest absolute Gasteiger partial charge is 0.382 e. The van der Waals surface area contributed by atoms with E-state index in [1.165, 1.54) is 6.42 Å². The van der Waals surface area contributed by atoms with Crippen LogP contribution in [0.5, 0.6) is 0 Å². The molecular weight excluding hydrogens is 238 g/mol. The second-order valence-corrected chi connectivity index (χ2v) is 5.01. The molecule has 1 aromatic carbocycles. The zero-order valence-electron chi connectivity index (χ0n) is 12.0. The molecule has 0 saturated carbocycles. The lowest BCUT2D eigenvalue weighted by atomic mass is 10.0. The fraction of sp³-hybridized carbons (Fsp3) is 0.500. The summed E-state index contributed by atoms with van der Waals surface area (Å²) in [5, 5.41) is 15.1. The lowest BCUT2D eigenvalue weighted by molar-refractivity contribution is 0.494. The molecule has 0 spiro atoms. The molecule has 0 aliphatic rings. The quantitative estimate of drug-likeness (QED) is 0.897. The lowest BCUT2D eigenvalue weighted by Gasteiger charge is -2.21. The van der Waals surface area contributed by atoms with E-state index < -0.39 is 0 Å². The van der Waals surface area contributed by atoms with Crippen molar-refractivity contribution in [3.8, 4) is 5.69 Å². The van der Waals surface area contributed by atoms with E-state index in [2.05, 4.69) is 53.7 Å². The second kappa shape index (κ2) is 5.82. The molecule has 0 aliphatic heterocycles. The van der Waals surface area contributed by atoms with Gasteiger partial charge in [-0.3, -0.25) is 0 Å². The molecule has 0 fully saturated rings. The molecule has 0 radical (unpaired) electrons. The van der Waals surface area contributed by atoms with Gasteiger partial charge in [0.1, 0.15) is 0 Å². The number of tetrazole rings is 1. The van der Waals surface area contributed by atoms with Gasteiger partial charge < -0.3 is 5.32 Å². The number of hydrogen-bond donors (Lipinski definition) is 1. The Labute approximate surface area is 114 Å². The summed E-state index contributed by atoms with van der Waals surface area (Å²) in [5.74, 6) is 1.42. The highest BCUT2D eigenvalue weighted by atomic mass is 15.5. The highest BCUT2D eigenvalue weighted by Crippen LogP contribution is 2.18. The number of anilines is 1. The summed E-state index contributed by atoms with van der Waals surface area (Å²) < 4.78 is 1.74. The maximum Gasteiger partial charge on any atom is 0.153 e. The maximum atomic E-state index is 3.99. The Morgan fingerprint density at radius 1 is 1.32 bits per heavy atom. The van der Waals surface area contributed by atoms with Gasteiger partial charge in [-0.15, -0.1) is 5.10 Å². The van der Waals surface area contributed by atoms with Crippen LogP contribution in [0, 0.1) is 12.8 Å². The van der Waals surface area contributed by atoms with Crippen LogP contribution in [0.2, 0.25) is 0 Å². The summed E-state index contributed by atoms with van der Waals surface area (Å²) >= 11 is 0. The Morgan fingerprint density at radius 2 is 2.11 bits per heavy atom. The van der Waals surface area contributed by atoms with Crippen molar-refractivity contribution in [2.24, 2.45) is 5.92 Å². The van der Waals surface area contributed by atoms with Crippen molar-refractivity contribution in [3.05, 3.63) is 30.1 Å². The molecule has 2 rings (SSSR count). The normalized spacial score (nSPS) is 14.1. The van der Waals surface area contributed by atoms with E-state index in [-0.39, 0.29) is 0 Å². The van der Waals surface area contributed by atoms with Crippen LogP contribution in [0.15, 0.2) is 24.3 Å². The molecule has 5 nitrogen and oxygen atoms in total. The Kier molecular flexibility index (Phi) is 4.14. The maximum absolute atomic E-state index is 3.99. The van der Waals surface area contributed by atoms with E-state index in [1.807, 2.05) is 19.1 Å². The average Bonchev–Trinajstić information content (AvgIpc) is 2.84. The van der Waals surface area contributed by atoms with Crippen molar-refractivity contribution in [3.63, 3.8) is 0 Å². The van der Waals surface area contributed by atoms with Crippen LogP contribution in [-0.4, -0.2) is 26.2 Å². The molecular formula is C14H21N5. The summed E-state index contributed by atoms with van der Waals surface area (Å²) in [6.07, 6.45) is 1.17. The number of nitrogens with zero attached hydrogens (tertiary/aromatic N) is 4. The Morgan fingerprint density at radius 3 is 2.74 bits per heavy atom. The molecule has 0 bridgehead atoms. The summed E-state index contributed by atoms with van der Waals surface area (Å²) in [4.78, 5) is 0. The number of aromatic nitrogens is 4. The van der Waals surface area contributed by atoms with Gasteiger partial charge in [0.25, 0.3) is 0 Å². The van der Waals surface area contributed by atoms with Gasteiger partial charge in [0.05, 0.1) is 5.69 Å². The van der Waals surface area contributed by atoms with Crippen molar-refractivity contribution in [2.75, 3.05) is 5.32 Å². The predicted molar refractivity (Wildman–Crippen MR) is 76.4 cm³/mol. The van der Waals surface area contributed by atoms with Crippen LogP contribution < -0.4 is 5.32 Å². The zero-order chi connectivity index (χ0) is 13.8. The van der Waals surface area contributed by atoms with Gasteiger partial charge in [-0.25, -0.2) is 0 Å². The first-order valence-corrected chi connectivity index (χ1v) is 6.73. The highest BCUT2D eigenvalue weighted by Gasteiger charge is 2.10. The van der Waals surface area contributed by atoms with E-state index >= 15 is 0 Å². The van der Waals surface area contributed by atoms with E-state index in [9.17, 15) is 0 Å². The first-order valence-electron chi connectivity index (χ1n) is 6.73. The third-order valence-electron chi connectivity index (χ3n) is 3.61. The smallest absolute Gasteiger partial charge is 0.153 e. The summed E-state index contributed by atoms with van der Waals surface area (Å²) in [7, 11) is 0. The zero-order valence-corrected chi connectivity index (χ0v) is 12.0. The van der Waals surface area contributed by atoms with Crippen LogP contribution in [0.3, 0.4) is 0 Å². The van der Waals surface area contributed by atoms with Gasteiger partial charge >= 0.3 is 0 Å². The average molecular weight is 259 g/mol. The molecule has 2 unspecified atom stereocenters. The molecule has 1 heterocycles. The van der Waals surface area contributed by atoms with Crippen LogP contribution in [0.4, 0.5) is 5.69 Å². The van der Waals surface area contributed by atoms with Gasteiger partial charge in [0.15, 0.2) is 5.82 Å². The van der Waals surface area contributed by atoms with Gasteiger partial charge in [-0.2, -0.15) is 4.68 Å². The van der Waals surface area contributed by atoms with Gasteiger partial charge in [-0.05, 0) is 48.4 Å². The molecule has 19 heavy (non-hydrogen) atoms. The minimum absolute atomic E-state index is 0.440. The first kappa shape index (κ1) is 13.5. The fourth-order valence-electron chi connectivity index (χ4n) is 1.96. The number of rotatable bonds is 5. The van der Waals surface area contributed by atoms with Gasteiger partial charge in [0.2, 0.25) is 0 Å². The standard InChI is InChI=1S/C14H21N5/c1-5-10(2)11(3)15-13-7-6-8-14(9-13)19-12(4)16-17-18-19/h6-11,15H,5H2,1-4H3. The van der Waals surface area contributed by atoms with Crippen molar-refractivity contribution in [2.45, 2.75) is 40.2 Å².